The number of rotatable bonds is 9. The molecule has 0 bridgehead atoms. The third-order valence-corrected chi connectivity index (χ3v) is 7.70. The number of anilines is 1. The fourth-order valence-corrected chi connectivity index (χ4v) is 5.94. The number of carbonyl (C=O) groups is 3. The number of carbonyl (C=O) groups excluding carboxylic acids is 2. The van der Waals surface area contributed by atoms with E-state index in [9.17, 15) is 19.5 Å². The molecule has 18 heteroatoms. The van der Waals surface area contributed by atoms with Crippen LogP contribution in [-0.2, 0) is 26.3 Å². The first-order chi connectivity index (χ1) is 16.7. The second kappa shape index (κ2) is 10.2. The number of hydrogen-bond donors (Lipinski definition) is 3. The molecular weight excluding hydrogens is 520 g/mol. The van der Waals surface area contributed by atoms with Gasteiger partial charge in [-0.15, -0.1) is 16.9 Å². The predicted octanol–water partition coefficient (Wildman–Crippen LogP) is -0.696. The Morgan fingerprint density at radius 3 is 2.80 bits per heavy atom. The molecule has 2 atom stereocenters. The third kappa shape index (κ3) is 5.08. The second-order valence-electron chi connectivity index (χ2n) is 7.54. The average molecular weight is 541 g/mol. The first kappa shape index (κ1) is 24.9. The number of nitrogens with two attached hydrogens (primary N) is 1. The summed E-state index contributed by atoms with van der Waals surface area (Å²) in [5.74, 6) is -1.91. The van der Waals surface area contributed by atoms with Crippen LogP contribution in [-0.4, -0.2) is 92.1 Å². The lowest BCUT2D eigenvalue weighted by Crippen LogP contribution is -2.71. The van der Waals surface area contributed by atoms with Crippen LogP contribution in [0.4, 0.5) is 5.13 Å². The Hall–Kier alpha value is -3.25. The standard InChI is InChI=1S/C17H20N10O5S3/c1-6(2)32-22-8(11-20-16(18)35-23-11)12(28)19-9-13(29)27-10(15(30)31)7(4-33-14(9)27)5-34-17-21-24-25-26(17)3/h6,9,14H,4-5H2,1-3H3,(H,19,28)(H,30,31)(H2,18,20,23)/t9?,14-/m1/s1. The summed E-state index contributed by atoms with van der Waals surface area (Å²) in [6, 6.07) is -0.959. The maximum atomic E-state index is 13.0. The predicted molar refractivity (Wildman–Crippen MR) is 126 cm³/mol. The van der Waals surface area contributed by atoms with E-state index in [1.807, 2.05) is 0 Å². The fraction of sp³-hybridized carbons (Fsp3) is 0.471. The number of fused-ring (bicyclic) bond motifs is 1. The molecule has 2 aromatic heterocycles. The van der Waals surface area contributed by atoms with Crippen LogP contribution in [0.2, 0.25) is 0 Å². The molecule has 4 heterocycles. The molecule has 4 rings (SSSR count). The van der Waals surface area contributed by atoms with Gasteiger partial charge in [0.1, 0.15) is 23.2 Å². The molecule has 15 nitrogen and oxygen atoms in total. The molecule has 4 N–H and O–H groups in total. The zero-order valence-electron chi connectivity index (χ0n) is 18.6. The Labute approximate surface area is 210 Å². The molecule has 2 aromatic rings. The van der Waals surface area contributed by atoms with Crippen LogP contribution < -0.4 is 11.1 Å². The molecule has 0 aliphatic carbocycles. The van der Waals surface area contributed by atoms with E-state index >= 15 is 0 Å². The first-order valence-corrected chi connectivity index (χ1v) is 12.9. The summed E-state index contributed by atoms with van der Waals surface area (Å²) in [6.45, 7) is 3.45. The topological polar surface area (TPSA) is 204 Å². The van der Waals surface area contributed by atoms with Crippen LogP contribution in [0.3, 0.4) is 0 Å². The van der Waals surface area contributed by atoms with Crippen LogP contribution >= 0.6 is 35.1 Å². The van der Waals surface area contributed by atoms with E-state index in [0.717, 1.165) is 11.5 Å². The van der Waals surface area contributed by atoms with Crippen molar-refractivity contribution in [1.29, 1.82) is 0 Å². The van der Waals surface area contributed by atoms with Crippen LogP contribution in [0.15, 0.2) is 21.6 Å². The quantitative estimate of drug-likeness (QED) is 0.156. The van der Waals surface area contributed by atoms with Gasteiger partial charge in [0, 0.05) is 30.1 Å². The van der Waals surface area contributed by atoms with E-state index in [2.05, 4.69) is 35.4 Å². The zero-order chi connectivity index (χ0) is 25.3. The minimum Gasteiger partial charge on any atom is -0.477 e. The molecule has 0 aromatic carbocycles. The van der Waals surface area contributed by atoms with E-state index in [-0.39, 0.29) is 34.2 Å². The van der Waals surface area contributed by atoms with Gasteiger partial charge in [0.2, 0.25) is 16.7 Å². The van der Waals surface area contributed by atoms with Crippen molar-refractivity contribution in [3.05, 3.63) is 17.1 Å². The van der Waals surface area contributed by atoms with Crippen LogP contribution in [0.1, 0.15) is 19.7 Å². The SMILES string of the molecule is CC(C)ON=C(C(=O)NC1C(=O)N2C(C(=O)O)=C(CSc3nnnn3C)CS[C@H]12)c1nsc(N)n1. The molecule has 186 valence electrons. The van der Waals surface area contributed by atoms with Gasteiger partial charge in [-0.05, 0) is 29.8 Å². The molecule has 1 saturated heterocycles. The highest BCUT2D eigenvalue weighted by Crippen LogP contribution is 2.41. The number of tetrazole rings is 1. The molecule has 1 fully saturated rings. The largest absolute Gasteiger partial charge is 0.477 e. The van der Waals surface area contributed by atoms with Crippen molar-refractivity contribution in [1.82, 2.24) is 39.8 Å². The maximum Gasteiger partial charge on any atom is 0.352 e. The molecule has 2 amide bonds. The van der Waals surface area contributed by atoms with Crippen molar-refractivity contribution in [2.24, 2.45) is 12.2 Å². The fourth-order valence-electron chi connectivity index (χ4n) is 3.17. The number of thioether (sulfide) groups is 2. The molecule has 0 spiro atoms. The second-order valence-corrected chi connectivity index (χ2v) is 10.4. The van der Waals surface area contributed by atoms with E-state index in [1.54, 1.807) is 20.9 Å². The number of aromatic nitrogens is 6. The van der Waals surface area contributed by atoms with Gasteiger partial charge in [-0.25, -0.2) is 9.48 Å². The number of carboxylic acids is 1. The van der Waals surface area contributed by atoms with Crippen molar-refractivity contribution >= 4 is 63.7 Å². The third-order valence-electron chi connectivity index (χ3n) is 4.72. The molecule has 2 aliphatic rings. The van der Waals surface area contributed by atoms with E-state index < -0.39 is 29.2 Å². The van der Waals surface area contributed by atoms with Gasteiger partial charge in [0.05, 0.1) is 0 Å². The molecular formula is C17H20N10O5S3. The van der Waals surface area contributed by atoms with E-state index in [1.165, 1.54) is 33.1 Å². The van der Waals surface area contributed by atoms with Crippen molar-refractivity contribution < 1.29 is 24.3 Å². The normalized spacial score (nSPS) is 20.1. The highest BCUT2D eigenvalue weighted by Gasteiger charge is 2.54. The van der Waals surface area contributed by atoms with Crippen LogP contribution in [0.25, 0.3) is 0 Å². The number of nitrogen functional groups attached to an aromatic ring is 1. The van der Waals surface area contributed by atoms with Crippen molar-refractivity contribution in [2.75, 3.05) is 17.2 Å². The van der Waals surface area contributed by atoms with Gasteiger partial charge in [-0.3, -0.25) is 14.5 Å². The maximum absolute atomic E-state index is 13.0. The summed E-state index contributed by atoms with van der Waals surface area (Å²) in [5, 5.41) is 27.5. The van der Waals surface area contributed by atoms with Crippen LogP contribution in [0, 0.1) is 0 Å². The Morgan fingerprint density at radius 1 is 1.43 bits per heavy atom. The van der Waals surface area contributed by atoms with Gasteiger partial charge in [-0.1, -0.05) is 16.9 Å². The number of nitrogens with zero attached hydrogens (tertiary/aromatic N) is 8. The smallest absolute Gasteiger partial charge is 0.352 e. The van der Waals surface area contributed by atoms with Gasteiger partial charge < -0.3 is 21.0 Å². The Morgan fingerprint density at radius 2 is 2.20 bits per heavy atom. The lowest BCUT2D eigenvalue weighted by molar-refractivity contribution is -0.150. The van der Waals surface area contributed by atoms with Gasteiger partial charge in [0.15, 0.2) is 5.13 Å². The average Bonchev–Trinajstić information content (AvgIpc) is 3.42. The Kier molecular flexibility index (Phi) is 7.22. The molecule has 0 saturated carbocycles. The minimum absolute atomic E-state index is 0.0331. The lowest BCUT2D eigenvalue weighted by Gasteiger charge is -2.49. The van der Waals surface area contributed by atoms with Gasteiger partial charge in [-0.2, -0.15) is 9.36 Å². The number of carboxylic acid groups (broad SMARTS) is 1. The Bertz CT molecular complexity index is 1220. The number of β-lactam (4-membered cyclic amide) rings is 1. The van der Waals surface area contributed by atoms with Crippen molar-refractivity contribution in [3.8, 4) is 0 Å². The molecule has 2 aliphatic heterocycles. The molecule has 0 radical (unpaired) electrons. The highest BCUT2D eigenvalue weighted by molar-refractivity contribution is 8.01. The first-order valence-electron chi connectivity index (χ1n) is 10.1. The summed E-state index contributed by atoms with van der Waals surface area (Å²) < 4.78 is 5.46. The van der Waals surface area contributed by atoms with Crippen LogP contribution in [0.5, 0.6) is 0 Å². The van der Waals surface area contributed by atoms with E-state index in [0.29, 0.717) is 16.5 Å². The number of nitrogens with one attached hydrogen (secondary N) is 1. The summed E-state index contributed by atoms with van der Waals surface area (Å²) >= 11 is 3.49. The summed E-state index contributed by atoms with van der Waals surface area (Å²) in [5.41, 5.74) is 5.84. The number of hydrogen-bond acceptors (Lipinski definition) is 14. The van der Waals surface area contributed by atoms with Gasteiger partial charge >= 0.3 is 5.97 Å². The minimum atomic E-state index is -1.23. The highest BCUT2D eigenvalue weighted by atomic mass is 32.2. The Balaban J connectivity index is 1.50. The summed E-state index contributed by atoms with van der Waals surface area (Å²) in [6.07, 6.45) is -0.319. The van der Waals surface area contributed by atoms with Crippen molar-refractivity contribution in [2.45, 2.75) is 36.5 Å². The summed E-state index contributed by atoms with van der Waals surface area (Å²) in [4.78, 5) is 48.3. The zero-order valence-corrected chi connectivity index (χ0v) is 21.1. The lowest BCUT2D eigenvalue weighted by atomic mass is 10.0. The monoisotopic (exact) mass is 540 g/mol. The molecule has 35 heavy (non-hydrogen) atoms. The number of aliphatic carboxylic acids is 1. The van der Waals surface area contributed by atoms with Gasteiger partial charge in [0.25, 0.3) is 11.8 Å². The number of oxime groups is 1. The van der Waals surface area contributed by atoms with E-state index in [4.69, 9.17) is 10.6 Å². The summed E-state index contributed by atoms with van der Waals surface area (Å²) in [7, 11) is 1.67. The number of amides is 2. The van der Waals surface area contributed by atoms with Crippen molar-refractivity contribution in [3.63, 3.8) is 0 Å². The number of aryl methyl sites for hydroxylation is 1. The molecule has 1 unspecified atom stereocenters.